The van der Waals surface area contributed by atoms with Crippen LogP contribution in [0.3, 0.4) is 0 Å². The molecule has 1 aromatic rings. The Bertz CT molecular complexity index is 281. The predicted octanol–water partition coefficient (Wildman–Crippen LogP) is 1.96. The number of hydrogen-bond acceptors (Lipinski definition) is 3. The highest BCUT2D eigenvalue weighted by Gasteiger charge is 2.15. The van der Waals surface area contributed by atoms with Crippen molar-refractivity contribution in [3.63, 3.8) is 0 Å². The first kappa shape index (κ1) is 14.2. The Morgan fingerprint density at radius 1 is 1.12 bits per heavy atom. The lowest BCUT2D eigenvalue weighted by atomic mass is 10.1. The molecule has 0 aromatic heterocycles. The van der Waals surface area contributed by atoms with Gasteiger partial charge in [-0.05, 0) is 0 Å². The van der Waals surface area contributed by atoms with Crippen LogP contribution < -0.4 is 0 Å². The van der Waals surface area contributed by atoms with Gasteiger partial charge in [-0.3, -0.25) is 9.59 Å². The van der Waals surface area contributed by atoms with Crippen LogP contribution in [-0.4, -0.2) is 24.2 Å². The zero-order chi connectivity index (χ0) is 12.4. The van der Waals surface area contributed by atoms with Gasteiger partial charge in [0.05, 0.1) is 19.4 Å². The topological polar surface area (TPSA) is 63.6 Å². The van der Waals surface area contributed by atoms with Gasteiger partial charge in [0.15, 0.2) is 0 Å². The summed E-state index contributed by atoms with van der Waals surface area (Å²) in [6.45, 7) is 1.51. The van der Waals surface area contributed by atoms with Crippen molar-refractivity contribution in [1.82, 2.24) is 0 Å². The molecule has 1 atom stereocenters. The molecule has 0 heterocycles. The normalized spacial score (nSPS) is 10.6. The fourth-order valence-corrected chi connectivity index (χ4v) is 0.931. The summed E-state index contributed by atoms with van der Waals surface area (Å²) in [7, 11) is 1.24. The molecular weight excluding hydrogens is 208 g/mol. The smallest absolute Gasteiger partial charge is 0.308 e. The van der Waals surface area contributed by atoms with Crippen LogP contribution in [0.1, 0.15) is 13.3 Å². The van der Waals surface area contributed by atoms with E-state index in [9.17, 15) is 9.59 Å². The van der Waals surface area contributed by atoms with Crippen molar-refractivity contribution in [3.8, 4) is 0 Å². The van der Waals surface area contributed by atoms with Crippen LogP contribution in [0.2, 0.25) is 0 Å². The molecule has 0 bridgehead atoms. The van der Waals surface area contributed by atoms with E-state index in [0.717, 1.165) is 0 Å². The Labute approximate surface area is 94.9 Å². The van der Waals surface area contributed by atoms with E-state index in [1.54, 1.807) is 0 Å². The van der Waals surface area contributed by atoms with Crippen LogP contribution in [0.25, 0.3) is 0 Å². The number of carboxylic acids is 1. The minimum absolute atomic E-state index is 0.174. The van der Waals surface area contributed by atoms with Crippen LogP contribution in [0.15, 0.2) is 36.4 Å². The molecule has 0 fully saturated rings. The molecule has 1 aromatic carbocycles. The maximum absolute atomic E-state index is 10.6. The van der Waals surface area contributed by atoms with Crippen LogP contribution in [-0.2, 0) is 14.3 Å². The average Bonchev–Trinajstić information content (AvgIpc) is 2.30. The van der Waals surface area contributed by atoms with Crippen LogP contribution in [0.5, 0.6) is 0 Å². The number of rotatable bonds is 3. The minimum atomic E-state index is -0.988. The quantitative estimate of drug-likeness (QED) is 0.797. The van der Waals surface area contributed by atoms with Gasteiger partial charge < -0.3 is 9.84 Å². The van der Waals surface area contributed by atoms with Crippen LogP contribution >= 0.6 is 0 Å². The lowest BCUT2D eigenvalue weighted by molar-refractivity contribution is -0.150. The van der Waals surface area contributed by atoms with E-state index >= 15 is 0 Å². The molecule has 4 nitrogen and oxygen atoms in total. The van der Waals surface area contributed by atoms with Crippen molar-refractivity contribution in [2.45, 2.75) is 13.3 Å². The summed E-state index contributed by atoms with van der Waals surface area (Å²) < 4.78 is 4.31. The molecule has 1 rings (SSSR count). The van der Waals surface area contributed by atoms with Gasteiger partial charge in [0.2, 0.25) is 0 Å². The molecule has 0 aliphatic heterocycles. The number of carboxylic acid groups (broad SMARTS) is 1. The lowest BCUT2D eigenvalue weighted by Crippen LogP contribution is -2.16. The van der Waals surface area contributed by atoms with Crippen molar-refractivity contribution < 1.29 is 19.4 Å². The van der Waals surface area contributed by atoms with E-state index < -0.39 is 17.9 Å². The first-order valence-corrected chi connectivity index (χ1v) is 4.87. The zero-order valence-electron chi connectivity index (χ0n) is 9.42. The van der Waals surface area contributed by atoms with Crippen molar-refractivity contribution in [1.29, 1.82) is 0 Å². The Balaban J connectivity index is 0.000000315. The van der Waals surface area contributed by atoms with Crippen molar-refractivity contribution in [3.05, 3.63) is 36.4 Å². The summed E-state index contributed by atoms with van der Waals surface area (Å²) >= 11 is 0. The Kier molecular flexibility index (Phi) is 7.49. The fourth-order valence-electron chi connectivity index (χ4n) is 0.931. The summed E-state index contributed by atoms with van der Waals surface area (Å²) in [5, 5.41) is 8.22. The Hall–Kier alpha value is -1.84. The monoisotopic (exact) mass is 224 g/mol. The third kappa shape index (κ3) is 7.55. The first-order chi connectivity index (χ1) is 7.57. The second-order valence-corrected chi connectivity index (χ2v) is 3.18. The third-order valence-corrected chi connectivity index (χ3v) is 1.75. The maximum atomic E-state index is 10.6. The minimum Gasteiger partial charge on any atom is -0.481 e. The van der Waals surface area contributed by atoms with Gasteiger partial charge in [0.25, 0.3) is 0 Å². The predicted molar refractivity (Wildman–Crippen MR) is 59.9 cm³/mol. The fraction of sp³-hybridized carbons (Fsp3) is 0.333. The number of methoxy groups -OCH3 is 1. The van der Waals surface area contributed by atoms with E-state index in [-0.39, 0.29) is 6.42 Å². The number of ether oxygens (including phenoxy) is 1. The van der Waals surface area contributed by atoms with E-state index in [2.05, 4.69) is 4.74 Å². The van der Waals surface area contributed by atoms with E-state index in [1.165, 1.54) is 14.0 Å². The maximum Gasteiger partial charge on any atom is 0.308 e. The van der Waals surface area contributed by atoms with Gasteiger partial charge in [0.1, 0.15) is 0 Å². The molecule has 88 valence electrons. The molecule has 16 heavy (non-hydrogen) atoms. The molecule has 1 N–H and O–H groups in total. The molecule has 1 unspecified atom stereocenters. The van der Waals surface area contributed by atoms with Gasteiger partial charge in [-0.1, -0.05) is 43.3 Å². The molecule has 0 amide bonds. The number of carbonyl (C=O) groups excluding carboxylic acids is 1. The summed E-state index contributed by atoms with van der Waals surface area (Å²) in [5.74, 6) is -2.03. The van der Waals surface area contributed by atoms with Gasteiger partial charge in [0, 0.05) is 0 Å². The van der Waals surface area contributed by atoms with Crippen molar-refractivity contribution >= 4 is 11.9 Å². The Morgan fingerprint density at radius 3 is 1.75 bits per heavy atom. The zero-order valence-corrected chi connectivity index (χ0v) is 9.42. The number of esters is 1. The SMILES string of the molecule is COC(=O)C(C)CC(=O)O.c1ccccc1. The van der Waals surface area contributed by atoms with E-state index in [1.807, 2.05) is 36.4 Å². The van der Waals surface area contributed by atoms with Crippen LogP contribution in [0.4, 0.5) is 0 Å². The van der Waals surface area contributed by atoms with Crippen molar-refractivity contribution in [2.24, 2.45) is 5.92 Å². The van der Waals surface area contributed by atoms with E-state index in [4.69, 9.17) is 5.11 Å². The van der Waals surface area contributed by atoms with Gasteiger partial charge in [-0.25, -0.2) is 0 Å². The molecule has 0 aliphatic carbocycles. The number of benzene rings is 1. The van der Waals surface area contributed by atoms with Crippen LogP contribution in [0, 0.1) is 5.92 Å². The number of aliphatic carboxylic acids is 1. The largest absolute Gasteiger partial charge is 0.481 e. The second-order valence-electron chi connectivity index (χ2n) is 3.18. The molecule has 0 spiro atoms. The highest BCUT2D eigenvalue weighted by atomic mass is 16.5. The molecule has 0 aliphatic rings. The van der Waals surface area contributed by atoms with Gasteiger partial charge in [-0.2, -0.15) is 0 Å². The first-order valence-electron chi connectivity index (χ1n) is 4.87. The number of carbonyl (C=O) groups is 2. The molecule has 0 saturated heterocycles. The third-order valence-electron chi connectivity index (χ3n) is 1.75. The second kappa shape index (κ2) is 8.47. The average molecular weight is 224 g/mol. The highest BCUT2D eigenvalue weighted by Crippen LogP contribution is 2.02. The molecule has 4 heteroatoms. The molecule has 0 saturated carbocycles. The van der Waals surface area contributed by atoms with Gasteiger partial charge in [-0.15, -0.1) is 0 Å². The lowest BCUT2D eigenvalue weighted by Gasteiger charge is -2.03. The summed E-state index contributed by atoms with van der Waals surface area (Å²) in [4.78, 5) is 20.6. The molecular formula is C12H16O4. The highest BCUT2D eigenvalue weighted by molar-refractivity contribution is 5.78. The summed E-state index contributed by atoms with van der Waals surface area (Å²) in [6.07, 6.45) is -0.174. The van der Waals surface area contributed by atoms with Gasteiger partial charge >= 0.3 is 11.9 Å². The molecule has 0 radical (unpaired) electrons. The summed E-state index contributed by atoms with van der Waals surface area (Å²) in [5.41, 5.74) is 0. The summed E-state index contributed by atoms with van der Waals surface area (Å²) in [6, 6.07) is 12.0. The van der Waals surface area contributed by atoms with E-state index in [0.29, 0.717) is 0 Å². The standard InChI is InChI=1S/C6H10O4.C6H6/c1-4(3-5(7)8)6(9)10-2;1-2-4-6-5-3-1/h4H,3H2,1-2H3,(H,7,8);1-6H. The Morgan fingerprint density at radius 2 is 1.50 bits per heavy atom. The number of hydrogen-bond donors (Lipinski definition) is 1. The van der Waals surface area contributed by atoms with Crippen molar-refractivity contribution in [2.75, 3.05) is 7.11 Å².